The molecule has 0 aliphatic rings. The number of rotatable bonds is 7. The van der Waals surface area contributed by atoms with E-state index in [9.17, 15) is 0 Å². The van der Waals surface area contributed by atoms with Gasteiger partial charge in [-0.1, -0.05) is 60.7 Å². The van der Waals surface area contributed by atoms with Crippen LogP contribution >= 0.6 is 12.2 Å². The molecule has 0 saturated heterocycles. The summed E-state index contributed by atoms with van der Waals surface area (Å²) in [6.45, 7) is 2.31. The molecule has 0 aliphatic carbocycles. The van der Waals surface area contributed by atoms with Gasteiger partial charge in [-0.15, -0.1) is 5.10 Å². The van der Waals surface area contributed by atoms with Crippen LogP contribution in [-0.2, 0) is 19.8 Å². The second-order valence-electron chi connectivity index (χ2n) is 7.19. The van der Waals surface area contributed by atoms with Crippen LogP contribution in [-0.4, -0.2) is 26.4 Å². The zero-order valence-electron chi connectivity index (χ0n) is 16.4. The summed E-state index contributed by atoms with van der Waals surface area (Å²) in [5.41, 5.74) is 3.51. The normalized spacial score (nSPS) is 12.0. The average Bonchev–Trinajstić information content (AvgIpc) is 3.05. The number of nitrogens with zero attached hydrogens (tertiary/aromatic N) is 4. The lowest BCUT2D eigenvalue weighted by Gasteiger charge is -2.13. The smallest absolute Gasteiger partial charge is 0.203 e. The highest BCUT2D eigenvalue weighted by Crippen LogP contribution is 2.18. The summed E-state index contributed by atoms with van der Waals surface area (Å²) >= 11 is 5.83. The Bertz CT molecular complexity index is 1100. The predicted octanol–water partition coefficient (Wildman–Crippen LogP) is 3.20. The van der Waals surface area contributed by atoms with Crippen molar-refractivity contribution in [2.75, 3.05) is 7.05 Å². The van der Waals surface area contributed by atoms with Crippen molar-refractivity contribution >= 4 is 12.2 Å². The Labute approximate surface area is 175 Å². The average molecular weight is 403 g/mol. The number of benzene rings is 2. The highest BCUT2D eigenvalue weighted by Gasteiger charge is 2.15. The van der Waals surface area contributed by atoms with E-state index < -0.39 is 0 Å². The van der Waals surface area contributed by atoms with E-state index in [2.05, 4.69) is 53.0 Å². The maximum absolute atomic E-state index is 5.83. The minimum atomic E-state index is 0.690. The molecule has 1 N–H and O–H groups in total. The van der Waals surface area contributed by atoms with Crippen molar-refractivity contribution in [3.63, 3.8) is 0 Å². The Morgan fingerprint density at radius 3 is 2.14 bits per heavy atom. The fourth-order valence-corrected chi connectivity index (χ4v) is 3.68. The van der Waals surface area contributed by atoms with E-state index >= 15 is 0 Å². The molecule has 2 aromatic heterocycles. The van der Waals surface area contributed by atoms with Gasteiger partial charge in [0.05, 0.1) is 13.6 Å². The van der Waals surface area contributed by atoms with Gasteiger partial charge in [-0.25, -0.2) is 0 Å². The third-order valence-electron chi connectivity index (χ3n) is 4.81. The topological polar surface area (TPSA) is 40.1 Å². The van der Waals surface area contributed by atoms with Crippen LogP contribution in [0.15, 0.2) is 85.2 Å². The molecule has 0 aliphatic heterocycles. The highest BCUT2D eigenvalue weighted by atomic mass is 32.1. The SMILES string of the molecule is C[NH+](Cc1ccccc1)Cn1nc(-c2ccncc2)n(Cc2ccccc2)c1=S. The van der Waals surface area contributed by atoms with Crippen LogP contribution in [0.5, 0.6) is 0 Å². The quantitative estimate of drug-likeness (QED) is 0.483. The summed E-state index contributed by atoms with van der Waals surface area (Å²) < 4.78 is 4.77. The number of nitrogens with one attached hydrogen (secondary N) is 1. The number of quaternary nitrogens is 1. The number of aromatic nitrogens is 4. The van der Waals surface area contributed by atoms with Gasteiger partial charge in [-0.2, -0.15) is 4.68 Å². The molecule has 0 saturated carbocycles. The summed E-state index contributed by atoms with van der Waals surface area (Å²) in [6, 6.07) is 24.8. The number of hydrogen-bond acceptors (Lipinski definition) is 3. The van der Waals surface area contributed by atoms with Crippen LogP contribution in [0.2, 0.25) is 0 Å². The second-order valence-corrected chi connectivity index (χ2v) is 7.56. The van der Waals surface area contributed by atoms with E-state index in [-0.39, 0.29) is 0 Å². The lowest BCUT2D eigenvalue weighted by molar-refractivity contribution is -0.917. The highest BCUT2D eigenvalue weighted by molar-refractivity contribution is 7.71. The van der Waals surface area contributed by atoms with Gasteiger partial charge < -0.3 is 4.90 Å². The van der Waals surface area contributed by atoms with Crippen molar-refractivity contribution in [3.05, 3.63) is 101 Å². The van der Waals surface area contributed by atoms with Crippen LogP contribution < -0.4 is 4.90 Å². The Balaban J connectivity index is 1.65. The van der Waals surface area contributed by atoms with E-state index in [1.165, 1.54) is 16.0 Å². The number of hydrogen-bond donors (Lipinski definition) is 1. The Morgan fingerprint density at radius 2 is 1.48 bits per heavy atom. The molecule has 4 aromatic rings. The molecule has 1 atom stereocenters. The van der Waals surface area contributed by atoms with E-state index in [1.54, 1.807) is 12.4 Å². The first kappa shape index (κ1) is 19.2. The maximum Gasteiger partial charge on any atom is 0.203 e. The molecule has 2 heterocycles. The van der Waals surface area contributed by atoms with Crippen LogP contribution in [0.1, 0.15) is 11.1 Å². The number of pyridine rings is 1. The molecule has 29 heavy (non-hydrogen) atoms. The summed E-state index contributed by atoms with van der Waals surface area (Å²) in [7, 11) is 2.16. The summed E-state index contributed by atoms with van der Waals surface area (Å²) in [6.07, 6.45) is 3.58. The molecule has 0 amide bonds. The van der Waals surface area contributed by atoms with Crippen LogP contribution in [0.3, 0.4) is 0 Å². The summed E-state index contributed by atoms with van der Waals surface area (Å²) in [5, 5.41) is 4.88. The van der Waals surface area contributed by atoms with Gasteiger partial charge in [-0.3, -0.25) is 9.55 Å². The maximum atomic E-state index is 5.83. The van der Waals surface area contributed by atoms with Gasteiger partial charge in [0.25, 0.3) is 0 Å². The van der Waals surface area contributed by atoms with Crippen molar-refractivity contribution in [1.29, 1.82) is 0 Å². The first-order chi connectivity index (χ1) is 14.2. The van der Waals surface area contributed by atoms with Gasteiger partial charge in [0, 0.05) is 23.5 Å². The van der Waals surface area contributed by atoms with Gasteiger partial charge in [0.1, 0.15) is 6.54 Å². The van der Waals surface area contributed by atoms with Gasteiger partial charge in [-0.05, 0) is 29.9 Å². The first-order valence-electron chi connectivity index (χ1n) is 9.68. The molecule has 146 valence electrons. The summed E-state index contributed by atoms with van der Waals surface area (Å²) in [5.74, 6) is 0.869. The summed E-state index contributed by atoms with van der Waals surface area (Å²) in [4.78, 5) is 5.45. The van der Waals surface area contributed by atoms with E-state index in [0.717, 1.165) is 22.7 Å². The van der Waals surface area contributed by atoms with Crippen molar-refractivity contribution in [2.45, 2.75) is 19.8 Å². The molecule has 6 heteroatoms. The van der Waals surface area contributed by atoms with Gasteiger partial charge >= 0.3 is 0 Å². The van der Waals surface area contributed by atoms with Crippen LogP contribution in [0, 0.1) is 4.77 Å². The lowest BCUT2D eigenvalue weighted by atomic mass is 10.2. The Hall–Kier alpha value is -3.09. The Kier molecular flexibility index (Phi) is 5.93. The van der Waals surface area contributed by atoms with E-state index in [4.69, 9.17) is 17.3 Å². The second kappa shape index (κ2) is 8.94. The third kappa shape index (κ3) is 4.67. The molecule has 1 unspecified atom stereocenters. The minimum Gasteiger partial charge on any atom is -0.315 e. The molecule has 4 rings (SSSR count). The fraction of sp³-hybridized carbons (Fsp3) is 0.174. The lowest BCUT2D eigenvalue weighted by Crippen LogP contribution is -3.07. The first-order valence-corrected chi connectivity index (χ1v) is 10.1. The molecule has 2 aromatic carbocycles. The molecular formula is C23H24N5S+. The minimum absolute atomic E-state index is 0.690. The van der Waals surface area contributed by atoms with Gasteiger partial charge in [0.15, 0.2) is 12.5 Å². The molecule has 0 spiro atoms. The standard InChI is InChI=1S/C23H23N5S/c1-26(16-19-8-4-2-5-9-19)18-28-23(29)27(17-20-10-6-3-7-11-20)22(25-28)21-12-14-24-15-13-21/h2-15H,16-18H2,1H3/p+1. The molecule has 5 nitrogen and oxygen atoms in total. The van der Waals surface area contributed by atoms with E-state index in [1.807, 2.05) is 41.1 Å². The third-order valence-corrected chi connectivity index (χ3v) is 5.24. The van der Waals surface area contributed by atoms with Gasteiger partial charge in [0.2, 0.25) is 4.77 Å². The molecular weight excluding hydrogens is 378 g/mol. The monoisotopic (exact) mass is 402 g/mol. The van der Waals surface area contributed by atoms with Crippen molar-refractivity contribution in [2.24, 2.45) is 0 Å². The Morgan fingerprint density at radius 1 is 0.862 bits per heavy atom. The van der Waals surface area contributed by atoms with Crippen molar-refractivity contribution < 1.29 is 4.90 Å². The zero-order valence-corrected chi connectivity index (χ0v) is 17.2. The molecule has 0 bridgehead atoms. The van der Waals surface area contributed by atoms with Crippen molar-refractivity contribution in [3.8, 4) is 11.4 Å². The fourth-order valence-electron chi connectivity index (χ4n) is 3.42. The predicted molar refractivity (Wildman–Crippen MR) is 117 cm³/mol. The molecule has 0 radical (unpaired) electrons. The molecule has 0 fully saturated rings. The van der Waals surface area contributed by atoms with E-state index in [0.29, 0.717) is 13.2 Å². The zero-order chi connectivity index (χ0) is 20.1. The van der Waals surface area contributed by atoms with Crippen LogP contribution in [0.25, 0.3) is 11.4 Å². The van der Waals surface area contributed by atoms with Crippen LogP contribution in [0.4, 0.5) is 0 Å². The largest absolute Gasteiger partial charge is 0.315 e. The van der Waals surface area contributed by atoms with Crippen molar-refractivity contribution in [1.82, 2.24) is 19.3 Å².